The van der Waals surface area contributed by atoms with Gasteiger partial charge in [0.2, 0.25) is 0 Å². The van der Waals surface area contributed by atoms with Crippen molar-refractivity contribution in [1.82, 2.24) is 15.0 Å². The van der Waals surface area contributed by atoms with Crippen LogP contribution in [0.2, 0.25) is 0 Å². The molecule has 4 heteroatoms. The number of aromatic nitrogens is 3. The van der Waals surface area contributed by atoms with Gasteiger partial charge in [0.1, 0.15) is 5.52 Å². The summed E-state index contributed by atoms with van der Waals surface area (Å²) in [5, 5.41) is 19.2. The largest absolute Gasteiger partial charge is 0.393 e. The average Bonchev–Trinajstić information content (AvgIpc) is 3.29. The first kappa shape index (κ1) is 17.9. The summed E-state index contributed by atoms with van der Waals surface area (Å²) in [6.45, 7) is 4.98. The van der Waals surface area contributed by atoms with Crippen LogP contribution < -0.4 is 0 Å². The van der Waals surface area contributed by atoms with Crippen LogP contribution in [0.15, 0.2) is 42.0 Å². The molecular weight excluding hydrogens is 358 g/mol. The van der Waals surface area contributed by atoms with Crippen LogP contribution in [0.1, 0.15) is 58.8 Å². The van der Waals surface area contributed by atoms with Gasteiger partial charge >= 0.3 is 0 Å². The quantitative estimate of drug-likeness (QED) is 0.682. The first-order valence-electron chi connectivity index (χ1n) is 11.4. The molecule has 0 amide bonds. The fourth-order valence-electron chi connectivity index (χ4n) is 7.56. The number of para-hydroxylation sites is 1. The molecule has 1 heterocycles. The van der Waals surface area contributed by atoms with Crippen LogP contribution in [0.5, 0.6) is 0 Å². The summed E-state index contributed by atoms with van der Waals surface area (Å²) in [4.78, 5) is 0. The van der Waals surface area contributed by atoms with Crippen LogP contribution in [-0.4, -0.2) is 26.2 Å². The summed E-state index contributed by atoms with van der Waals surface area (Å²) < 4.78 is 2.12. The Morgan fingerprint density at radius 3 is 2.72 bits per heavy atom. The van der Waals surface area contributed by atoms with E-state index in [0.29, 0.717) is 11.3 Å². The van der Waals surface area contributed by atoms with Crippen molar-refractivity contribution >= 4 is 16.7 Å². The van der Waals surface area contributed by atoms with Crippen LogP contribution in [0, 0.1) is 28.6 Å². The number of allylic oxidation sites excluding steroid dienone is 3. The number of hydrogen-bond donors (Lipinski definition) is 1. The lowest BCUT2D eigenvalue weighted by Gasteiger charge is -2.57. The number of nitrogens with zero attached hydrogens (tertiary/aromatic N) is 3. The SMILES string of the molecule is C[C@]12CCC(O)CC1=CC[C@@H]1[C@@H]2CC[C@]2(C)C(n3nnc4ccccc43)=CC[C@@H]12. The zero-order valence-corrected chi connectivity index (χ0v) is 17.5. The fourth-order valence-corrected chi connectivity index (χ4v) is 7.56. The Kier molecular flexibility index (Phi) is 3.72. The van der Waals surface area contributed by atoms with Crippen molar-refractivity contribution in [3.8, 4) is 0 Å². The van der Waals surface area contributed by atoms with Crippen molar-refractivity contribution in [2.75, 3.05) is 0 Å². The molecule has 2 aromatic rings. The molecule has 0 radical (unpaired) electrons. The number of hydrogen-bond acceptors (Lipinski definition) is 3. The third-order valence-electron chi connectivity index (χ3n) is 9.20. The van der Waals surface area contributed by atoms with Crippen molar-refractivity contribution in [2.24, 2.45) is 28.6 Å². The maximum atomic E-state index is 10.2. The van der Waals surface area contributed by atoms with Gasteiger partial charge in [-0.3, -0.25) is 0 Å². The molecule has 1 N–H and O–H groups in total. The van der Waals surface area contributed by atoms with E-state index in [-0.39, 0.29) is 11.5 Å². The van der Waals surface area contributed by atoms with Gasteiger partial charge in [0, 0.05) is 11.1 Å². The molecule has 1 aromatic carbocycles. The van der Waals surface area contributed by atoms with E-state index in [4.69, 9.17) is 0 Å². The Bertz CT molecular complexity index is 1040. The molecule has 2 fully saturated rings. The van der Waals surface area contributed by atoms with E-state index in [0.717, 1.165) is 48.6 Å². The van der Waals surface area contributed by atoms with Crippen molar-refractivity contribution in [3.05, 3.63) is 42.0 Å². The van der Waals surface area contributed by atoms with Gasteiger partial charge in [-0.25, -0.2) is 4.68 Å². The monoisotopic (exact) mass is 389 g/mol. The van der Waals surface area contributed by atoms with Gasteiger partial charge in [0.05, 0.1) is 11.6 Å². The lowest BCUT2D eigenvalue weighted by atomic mass is 9.48. The van der Waals surface area contributed by atoms with Crippen molar-refractivity contribution in [3.63, 3.8) is 0 Å². The zero-order valence-electron chi connectivity index (χ0n) is 17.5. The molecule has 2 saturated carbocycles. The predicted octanol–water partition coefficient (Wildman–Crippen LogP) is 5.21. The maximum absolute atomic E-state index is 10.2. The normalized spacial score (nSPS) is 41.3. The second-order valence-electron chi connectivity index (χ2n) is 10.4. The minimum Gasteiger partial charge on any atom is -0.393 e. The minimum atomic E-state index is -0.125. The average molecular weight is 390 g/mol. The molecule has 0 aliphatic heterocycles. The van der Waals surface area contributed by atoms with E-state index in [1.165, 1.54) is 25.0 Å². The molecule has 1 aromatic heterocycles. The summed E-state index contributed by atoms with van der Waals surface area (Å²) in [6, 6.07) is 8.31. The summed E-state index contributed by atoms with van der Waals surface area (Å²) in [7, 11) is 0. The summed E-state index contributed by atoms with van der Waals surface area (Å²) in [5.41, 5.74) is 5.50. The number of aliphatic hydroxyl groups excluding tert-OH is 1. The van der Waals surface area contributed by atoms with E-state index in [2.05, 4.69) is 59.2 Å². The molecule has 0 saturated heterocycles. The number of rotatable bonds is 1. The molecule has 152 valence electrons. The standard InChI is InChI=1S/C25H31N3O/c1-24-13-11-17(29)15-16(24)7-8-18-19-9-10-23(25(19,2)14-12-20(18)24)28-22-6-4-3-5-21(22)26-27-28/h3-7,10,17-20,29H,8-9,11-15H2,1-2H3/t17?,18-,19-,20-,24-,25-/m0/s1. The fraction of sp³-hybridized carbons (Fsp3) is 0.600. The third-order valence-corrected chi connectivity index (χ3v) is 9.20. The smallest absolute Gasteiger partial charge is 0.113 e. The molecule has 1 unspecified atom stereocenters. The van der Waals surface area contributed by atoms with E-state index < -0.39 is 0 Å². The number of benzene rings is 1. The topological polar surface area (TPSA) is 50.9 Å². The number of aliphatic hydroxyl groups is 1. The van der Waals surface area contributed by atoms with Gasteiger partial charge in [-0.1, -0.05) is 48.9 Å². The van der Waals surface area contributed by atoms with E-state index in [9.17, 15) is 5.11 Å². The molecule has 4 aliphatic rings. The molecule has 6 rings (SSSR count). The van der Waals surface area contributed by atoms with Gasteiger partial charge in [-0.05, 0) is 80.2 Å². The van der Waals surface area contributed by atoms with Crippen molar-refractivity contribution < 1.29 is 5.11 Å². The highest BCUT2D eigenvalue weighted by Gasteiger charge is 2.57. The molecule has 0 spiro atoms. The van der Waals surface area contributed by atoms with E-state index in [1.807, 2.05) is 6.07 Å². The highest BCUT2D eigenvalue weighted by atomic mass is 16.3. The van der Waals surface area contributed by atoms with Crippen LogP contribution in [0.3, 0.4) is 0 Å². The third kappa shape index (κ3) is 2.35. The first-order chi connectivity index (χ1) is 14.0. The van der Waals surface area contributed by atoms with Crippen LogP contribution in [0.25, 0.3) is 16.7 Å². The molecule has 29 heavy (non-hydrogen) atoms. The summed E-state index contributed by atoms with van der Waals surface area (Å²) >= 11 is 0. The Morgan fingerprint density at radius 1 is 1.00 bits per heavy atom. The Hall–Kier alpha value is -1.94. The summed E-state index contributed by atoms with van der Waals surface area (Å²) in [5.74, 6) is 2.18. The van der Waals surface area contributed by atoms with Gasteiger partial charge in [-0.2, -0.15) is 0 Å². The lowest BCUT2D eigenvalue weighted by molar-refractivity contribution is -0.0251. The van der Waals surface area contributed by atoms with Gasteiger partial charge in [0.25, 0.3) is 0 Å². The summed E-state index contributed by atoms with van der Waals surface area (Å²) in [6.07, 6.45) is 12.7. The second kappa shape index (κ2) is 6.04. The van der Waals surface area contributed by atoms with E-state index in [1.54, 1.807) is 5.57 Å². The molecule has 0 bridgehead atoms. The highest BCUT2D eigenvalue weighted by molar-refractivity contribution is 5.79. The maximum Gasteiger partial charge on any atom is 0.113 e. The molecule has 4 aliphatic carbocycles. The zero-order chi connectivity index (χ0) is 19.8. The minimum absolute atomic E-state index is 0.125. The Morgan fingerprint density at radius 2 is 1.83 bits per heavy atom. The van der Waals surface area contributed by atoms with Gasteiger partial charge in [0.15, 0.2) is 0 Å². The molecule has 6 atom stereocenters. The Labute approximate surface area is 172 Å². The molecule has 4 nitrogen and oxygen atoms in total. The van der Waals surface area contributed by atoms with Gasteiger partial charge < -0.3 is 5.11 Å². The van der Waals surface area contributed by atoms with Crippen LogP contribution >= 0.6 is 0 Å². The van der Waals surface area contributed by atoms with Gasteiger partial charge in [-0.15, -0.1) is 5.10 Å². The highest BCUT2D eigenvalue weighted by Crippen LogP contribution is 2.65. The number of fused-ring (bicyclic) bond motifs is 6. The lowest BCUT2D eigenvalue weighted by Crippen LogP contribution is -2.50. The predicted molar refractivity (Wildman–Crippen MR) is 115 cm³/mol. The molecular formula is C25H31N3O. The Balaban J connectivity index is 1.36. The van der Waals surface area contributed by atoms with Crippen LogP contribution in [-0.2, 0) is 0 Å². The van der Waals surface area contributed by atoms with Crippen LogP contribution in [0.4, 0.5) is 0 Å². The second-order valence-corrected chi connectivity index (χ2v) is 10.4. The van der Waals surface area contributed by atoms with E-state index >= 15 is 0 Å². The first-order valence-corrected chi connectivity index (χ1v) is 11.4. The van der Waals surface area contributed by atoms with Crippen molar-refractivity contribution in [1.29, 1.82) is 0 Å². The van der Waals surface area contributed by atoms with Crippen molar-refractivity contribution in [2.45, 2.75) is 64.9 Å².